The normalized spacial score (nSPS) is 15.6. The Kier molecular flexibility index (Phi) is 4.86. The van der Waals surface area contributed by atoms with E-state index in [2.05, 4.69) is 10.1 Å². The Hall–Kier alpha value is -3.16. The zero-order valence-corrected chi connectivity index (χ0v) is 16.9. The summed E-state index contributed by atoms with van der Waals surface area (Å²) in [5.74, 6) is 0.128. The minimum absolute atomic E-state index is 0.128. The maximum Gasteiger partial charge on any atom is 0.410 e. The van der Waals surface area contributed by atoms with E-state index in [1.54, 1.807) is 29.6 Å². The minimum Gasteiger partial charge on any atom is -0.444 e. The Morgan fingerprint density at radius 1 is 1.28 bits per heavy atom. The number of fused-ring (bicyclic) bond motifs is 1. The fourth-order valence-corrected chi connectivity index (χ4v) is 3.63. The SMILES string of the molecule is CC(C)(C)OC(=O)N1CCC(c2cc(=O)n3[nH]cc(-c4cccnc4)c3n2)CC1. The second-order valence-electron chi connectivity index (χ2n) is 8.35. The van der Waals surface area contributed by atoms with Gasteiger partial charge in [0.05, 0.1) is 5.69 Å². The van der Waals surface area contributed by atoms with Crippen LogP contribution in [0.1, 0.15) is 45.2 Å². The highest BCUT2D eigenvalue weighted by atomic mass is 16.6. The van der Waals surface area contributed by atoms with Gasteiger partial charge in [-0.15, -0.1) is 0 Å². The number of hydrogen-bond donors (Lipinski definition) is 1. The lowest BCUT2D eigenvalue weighted by atomic mass is 9.93. The molecule has 0 radical (unpaired) electrons. The van der Waals surface area contributed by atoms with Crippen molar-refractivity contribution in [2.75, 3.05) is 13.1 Å². The van der Waals surface area contributed by atoms with Crippen LogP contribution in [-0.4, -0.2) is 49.3 Å². The standard InChI is InChI=1S/C21H25N5O3/c1-21(2,3)29-20(28)25-9-6-14(7-10-25)17-11-18(27)26-19(24-17)16(13-23-26)15-5-4-8-22-12-15/h4-5,8,11-14,23H,6-7,9-10H2,1-3H3. The number of piperidine rings is 1. The quantitative estimate of drug-likeness (QED) is 0.719. The predicted octanol–water partition coefficient (Wildman–Crippen LogP) is 3.20. The zero-order valence-electron chi connectivity index (χ0n) is 16.9. The van der Waals surface area contributed by atoms with Crippen LogP contribution in [0.4, 0.5) is 4.79 Å². The lowest BCUT2D eigenvalue weighted by Crippen LogP contribution is -2.41. The van der Waals surface area contributed by atoms with Gasteiger partial charge in [0, 0.05) is 54.8 Å². The molecule has 3 aromatic rings. The monoisotopic (exact) mass is 395 g/mol. The van der Waals surface area contributed by atoms with E-state index in [9.17, 15) is 9.59 Å². The molecular weight excluding hydrogens is 370 g/mol. The summed E-state index contributed by atoms with van der Waals surface area (Å²) in [5, 5.41) is 2.97. The van der Waals surface area contributed by atoms with Crippen LogP contribution in [-0.2, 0) is 4.74 Å². The van der Waals surface area contributed by atoms with Crippen molar-refractivity contribution in [1.82, 2.24) is 24.5 Å². The van der Waals surface area contributed by atoms with E-state index in [1.165, 1.54) is 4.52 Å². The summed E-state index contributed by atoms with van der Waals surface area (Å²) < 4.78 is 6.90. The van der Waals surface area contributed by atoms with Gasteiger partial charge in [0.1, 0.15) is 5.60 Å². The number of rotatable bonds is 2. The van der Waals surface area contributed by atoms with Gasteiger partial charge < -0.3 is 9.64 Å². The van der Waals surface area contributed by atoms with Crippen molar-refractivity contribution in [1.29, 1.82) is 0 Å². The first-order valence-corrected chi connectivity index (χ1v) is 9.81. The molecule has 1 fully saturated rings. The third kappa shape index (κ3) is 4.01. The summed E-state index contributed by atoms with van der Waals surface area (Å²) in [4.78, 5) is 35.6. The molecule has 0 saturated carbocycles. The molecule has 1 amide bonds. The van der Waals surface area contributed by atoms with Gasteiger partial charge in [-0.1, -0.05) is 6.07 Å². The molecule has 1 aliphatic heterocycles. The highest BCUT2D eigenvalue weighted by Crippen LogP contribution is 2.29. The summed E-state index contributed by atoms with van der Waals surface area (Å²) in [6.07, 6.45) is 6.44. The third-order valence-corrected chi connectivity index (χ3v) is 5.05. The molecule has 8 nitrogen and oxygen atoms in total. The van der Waals surface area contributed by atoms with Crippen LogP contribution >= 0.6 is 0 Å². The molecule has 152 valence electrons. The Bertz CT molecular complexity index is 1070. The minimum atomic E-state index is -0.508. The van der Waals surface area contributed by atoms with E-state index in [0.29, 0.717) is 18.7 Å². The predicted molar refractivity (Wildman–Crippen MR) is 109 cm³/mol. The van der Waals surface area contributed by atoms with Gasteiger partial charge in [0.25, 0.3) is 5.56 Å². The maximum absolute atomic E-state index is 12.6. The second-order valence-corrected chi connectivity index (χ2v) is 8.35. The molecule has 0 atom stereocenters. The molecule has 8 heteroatoms. The summed E-state index contributed by atoms with van der Waals surface area (Å²) in [5.41, 5.74) is 2.44. The van der Waals surface area contributed by atoms with Crippen LogP contribution in [0.15, 0.2) is 41.6 Å². The molecule has 3 aromatic heterocycles. The molecule has 0 aromatic carbocycles. The number of pyridine rings is 1. The molecular formula is C21H25N5O3. The van der Waals surface area contributed by atoms with Gasteiger partial charge in [0.2, 0.25) is 0 Å². The average molecular weight is 395 g/mol. The van der Waals surface area contributed by atoms with Crippen LogP contribution < -0.4 is 5.56 Å². The Morgan fingerprint density at radius 3 is 2.69 bits per heavy atom. The largest absolute Gasteiger partial charge is 0.444 e. The van der Waals surface area contributed by atoms with Crippen molar-refractivity contribution in [2.45, 2.75) is 45.1 Å². The lowest BCUT2D eigenvalue weighted by Gasteiger charge is -2.33. The topological polar surface area (TPSA) is 92.6 Å². The maximum atomic E-state index is 12.6. The number of amides is 1. The highest BCUT2D eigenvalue weighted by Gasteiger charge is 2.28. The summed E-state index contributed by atoms with van der Waals surface area (Å²) in [7, 11) is 0. The van der Waals surface area contributed by atoms with Gasteiger partial charge in [-0.2, -0.15) is 0 Å². The summed E-state index contributed by atoms with van der Waals surface area (Å²) in [6.45, 7) is 6.76. The van der Waals surface area contributed by atoms with Crippen LogP contribution in [0.3, 0.4) is 0 Å². The van der Waals surface area contributed by atoms with Gasteiger partial charge in [-0.05, 0) is 39.7 Å². The summed E-state index contributed by atoms with van der Waals surface area (Å²) in [6, 6.07) is 5.38. The van der Waals surface area contributed by atoms with Crippen LogP contribution in [0.5, 0.6) is 0 Å². The Balaban J connectivity index is 1.56. The number of carbonyl (C=O) groups is 1. The van der Waals surface area contributed by atoms with Gasteiger partial charge in [-0.3, -0.25) is 14.9 Å². The van der Waals surface area contributed by atoms with Crippen molar-refractivity contribution in [3.05, 3.63) is 52.8 Å². The van der Waals surface area contributed by atoms with E-state index < -0.39 is 5.60 Å². The molecule has 1 aliphatic rings. The number of hydrogen-bond acceptors (Lipinski definition) is 5. The van der Waals surface area contributed by atoms with E-state index in [4.69, 9.17) is 9.72 Å². The van der Waals surface area contributed by atoms with Crippen molar-refractivity contribution in [3.8, 4) is 11.1 Å². The van der Waals surface area contributed by atoms with E-state index >= 15 is 0 Å². The first-order valence-electron chi connectivity index (χ1n) is 9.81. The fourth-order valence-electron chi connectivity index (χ4n) is 3.63. The molecule has 4 heterocycles. The van der Waals surface area contributed by atoms with Gasteiger partial charge in [-0.25, -0.2) is 14.3 Å². The first-order chi connectivity index (χ1) is 13.8. The van der Waals surface area contributed by atoms with E-state index in [1.807, 2.05) is 32.9 Å². The molecule has 4 rings (SSSR count). The fraction of sp³-hybridized carbons (Fsp3) is 0.429. The molecule has 1 N–H and O–H groups in total. The molecule has 0 bridgehead atoms. The van der Waals surface area contributed by atoms with Crippen molar-refractivity contribution in [2.24, 2.45) is 0 Å². The third-order valence-electron chi connectivity index (χ3n) is 5.05. The average Bonchev–Trinajstić information content (AvgIpc) is 3.12. The molecule has 0 aliphatic carbocycles. The molecule has 0 unspecified atom stereocenters. The molecule has 29 heavy (non-hydrogen) atoms. The van der Waals surface area contributed by atoms with E-state index in [0.717, 1.165) is 29.7 Å². The molecule has 0 spiro atoms. The number of ether oxygens (including phenoxy) is 1. The first kappa shape index (κ1) is 19.2. The number of carbonyl (C=O) groups excluding carboxylic acids is 1. The smallest absolute Gasteiger partial charge is 0.410 e. The van der Waals surface area contributed by atoms with Crippen molar-refractivity contribution >= 4 is 11.7 Å². The van der Waals surface area contributed by atoms with Crippen molar-refractivity contribution in [3.63, 3.8) is 0 Å². The number of nitrogens with zero attached hydrogens (tertiary/aromatic N) is 4. The number of aromatic amines is 1. The van der Waals surface area contributed by atoms with Crippen molar-refractivity contribution < 1.29 is 9.53 Å². The number of aromatic nitrogens is 4. The summed E-state index contributed by atoms with van der Waals surface area (Å²) >= 11 is 0. The molecule has 1 saturated heterocycles. The Labute approximate surface area is 168 Å². The van der Waals surface area contributed by atoms with Crippen LogP contribution in [0.25, 0.3) is 16.8 Å². The number of H-pyrrole nitrogens is 1. The lowest BCUT2D eigenvalue weighted by molar-refractivity contribution is 0.0204. The van der Waals surface area contributed by atoms with E-state index in [-0.39, 0.29) is 17.6 Å². The highest BCUT2D eigenvalue weighted by molar-refractivity contribution is 5.76. The van der Waals surface area contributed by atoms with Crippen LogP contribution in [0, 0.1) is 0 Å². The van der Waals surface area contributed by atoms with Gasteiger partial charge in [0.15, 0.2) is 5.65 Å². The Morgan fingerprint density at radius 2 is 2.03 bits per heavy atom. The van der Waals surface area contributed by atoms with Crippen LogP contribution in [0.2, 0.25) is 0 Å². The number of nitrogens with one attached hydrogen (secondary N) is 1. The second kappa shape index (κ2) is 7.35. The zero-order chi connectivity index (χ0) is 20.6. The number of likely N-dealkylation sites (tertiary alicyclic amines) is 1. The van der Waals surface area contributed by atoms with Gasteiger partial charge >= 0.3 is 6.09 Å².